The van der Waals surface area contributed by atoms with E-state index in [0.717, 1.165) is 10.8 Å². The average Bonchev–Trinajstić information content (AvgIpc) is 2.67. The molecule has 0 radical (unpaired) electrons. The number of aliphatic hydroxyl groups excluding tert-OH is 3. The van der Waals surface area contributed by atoms with Gasteiger partial charge in [-0.05, 0) is 5.18 Å². The Labute approximate surface area is 104 Å². The highest BCUT2D eigenvalue weighted by molar-refractivity contribution is 5.29. The van der Waals surface area contributed by atoms with Crippen molar-refractivity contribution in [3.05, 3.63) is 31.9 Å². The van der Waals surface area contributed by atoms with Gasteiger partial charge in [-0.3, -0.25) is 14.3 Å². The Kier molecular flexibility index (Phi) is 3.57. The van der Waals surface area contributed by atoms with Crippen molar-refractivity contribution in [2.24, 2.45) is 5.18 Å². The molecular formula is C9H11N3O7. The molecule has 19 heavy (non-hydrogen) atoms. The van der Waals surface area contributed by atoms with E-state index >= 15 is 0 Å². The van der Waals surface area contributed by atoms with Gasteiger partial charge in [0.25, 0.3) is 5.56 Å². The monoisotopic (exact) mass is 273 g/mol. The molecule has 0 spiro atoms. The van der Waals surface area contributed by atoms with Crippen LogP contribution in [-0.2, 0) is 4.74 Å². The van der Waals surface area contributed by atoms with Gasteiger partial charge in [0.15, 0.2) is 11.9 Å². The molecule has 2 rings (SSSR count). The summed E-state index contributed by atoms with van der Waals surface area (Å²) in [7, 11) is 0. The minimum Gasteiger partial charge on any atom is -0.394 e. The van der Waals surface area contributed by atoms with E-state index in [1.54, 1.807) is 0 Å². The number of hydrogen-bond donors (Lipinski definition) is 4. The lowest BCUT2D eigenvalue weighted by Gasteiger charge is -2.16. The van der Waals surface area contributed by atoms with Gasteiger partial charge >= 0.3 is 5.69 Å². The first-order valence-corrected chi connectivity index (χ1v) is 5.31. The Balaban J connectivity index is 2.46. The topological polar surface area (TPSA) is 154 Å². The summed E-state index contributed by atoms with van der Waals surface area (Å²) in [4.78, 5) is 34.9. The van der Waals surface area contributed by atoms with Gasteiger partial charge in [0.05, 0.1) is 6.61 Å². The summed E-state index contributed by atoms with van der Waals surface area (Å²) in [6, 6.07) is 0. The van der Waals surface area contributed by atoms with Crippen molar-refractivity contribution in [1.82, 2.24) is 9.55 Å². The quantitative estimate of drug-likeness (QED) is 0.445. The van der Waals surface area contributed by atoms with Crippen LogP contribution < -0.4 is 11.2 Å². The molecule has 0 saturated carbocycles. The summed E-state index contributed by atoms with van der Waals surface area (Å²) in [5.74, 6) is 0. The van der Waals surface area contributed by atoms with E-state index in [0.29, 0.717) is 0 Å². The molecule has 0 amide bonds. The van der Waals surface area contributed by atoms with Crippen LogP contribution in [0.15, 0.2) is 21.0 Å². The molecule has 1 aliphatic rings. The third-order valence-electron chi connectivity index (χ3n) is 2.84. The van der Waals surface area contributed by atoms with Gasteiger partial charge in [0, 0.05) is 6.20 Å². The van der Waals surface area contributed by atoms with E-state index in [4.69, 9.17) is 9.84 Å². The Bertz CT molecular complexity index is 594. The summed E-state index contributed by atoms with van der Waals surface area (Å²) in [6.45, 7) is -0.564. The zero-order chi connectivity index (χ0) is 14.2. The molecule has 1 aliphatic heterocycles. The van der Waals surface area contributed by atoms with E-state index in [-0.39, 0.29) is 0 Å². The largest absolute Gasteiger partial charge is 0.394 e. The number of aromatic amines is 1. The number of ether oxygens (including phenoxy) is 1. The van der Waals surface area contributed by atoms with Crippen LogP contribution >= 0.6 is 0 Å². The molecule has 0 bridgehead atoms. The second kappa shape index (κ2) is 5.01. The van der Waals surface area contributed by atoms with Gasteiger partial charge in [0.2, 0.25) is 0 Å². The lowest BCUT2D eigenvalue weighted by molar-refractivity contribution is -0.0549. The maximum Gasteiger partial charge on any atom is 0.330 e. The normalized spacial score (nSPS) is 30.5. The fraction of sp³-hybridized carbons (Fsp3) is 0.556. The molecule has 4 N–H and O–H groups in total. The third-order valence-corrected chi connectivity index (χ3v) is 2.84. The molecule has 1 aromatic heterocycles. The van der Waals surface area contributed by atoms with E-state index in [2.05, 4.69) is 5.18 Å². The molecule has 1 aromatic rings. The van der Waals surface area contributed by atoms with Crippen LogP contribution in [0.25, 0.3) is 0 Å². The molecule has 0 aliphatic carbocycles. The Hall–Kier alpha value is -1.88. The number of nitrogens with one attached hydrogen (secondary N) is 1. The van der Waals surface area contributed by atoms with Gasteiger partial charge in [-0.25, -0.2) is 4.79 Å². The molecule has 0 unspecified atom stereocenters. The van der Waals surface area contributed by atoms with Gasteiger partial charge < -0.3 is 20.1 Å². The highest BCUT2D eigenvalue weighted by Gasteiger charge is 2.43. The second-order valence-electron chi connectivity index (χ2n) is 4.00. The summed E-state index contributed by atoms with van der Waals surface area (Å²) >= 11 is 0. The summed E-state index contributed by atoms with van der Waals surface area (Å²) < 4.78 is 5.81. The van der Waals surface area contributed by atoms with Crippen LogP contribution in [0.4, 0.5) is 5.69 Å². The highest BCUT2D eigenvalue weighted by atomic mass is 16.6. The lowest BCUT2D eigenvalue weighted by Crippen LogP contribution is -2.37. The summed E-state index contributed by atoms with van der Waals surface area (Å²) in [5.41, 5.74) is -2.48. The van der Waals surface area contributed by atoms with Crippen LogP contribution in [0.3, 0.4) is 0 Å². The van der Waals surface area contributed by atoms with Crippen molar-refractivity contribution in [3.63, 3.8) is 0 Å². The Morgan fingerprint density at radius 1 is 1.37 bits per heavy atom. The van der Waals surface area contributed by atoms with E-state index < -0.39 is 48.1 Å². The average molecular weight is 273 g/mol. The minimum atomic E-state index is -1.50. The highest BCUT2D eigenvalue weighted by Crippen LogP contribution is 2.28. The van der Waals surface area contributed by atoms with Gasteiger partial charge in [-0.1, -0.05) is 0 Å². The first-order valence-electron chi connectivity index (χ1n) is 5.31. The Morgan fingerprint density at radius 2 is 2.05 bits per heavy atom. The number of hydrogen-bond acceptors (Lipinski definition) is 8. The maximum atomic E-state index is 11.6. The van der Waals surface area contributed by atoms with Crippen molar-refractivity contribution in [2.75, 3.05) is 6.61 Å². The third kappa shape index (κ3) is 2.21. The number of nitroso groups, excluding NO2 is 1. The number of nitrogens with zero attached hydrogens (tertiary/aromatic N) is 2. The van der Waals surface area contributed by atoms with Crippen molar-refractivity contribution in [3.8, 4) is 0 Å². The van der Waals surface area contributed by atoms with Gasteiger partial charge in [-0.15, -0.1) is 4.91 Å². The number of H-pyrrole nitrogens is 1. The lowest BCUT2D eigenvalue weighted by atomic mass is 10.1. The van der Waals surface area contributed by atoms with Crippen LogP contribution in [0, 0.1) is 4.91 Å². The molecule has 10 heteroatoms. The predicted molar refractivity (Wildman–Crippen MR) is 59.8 cm³/mol. The summed E-state index contributed by atoms with van der Waals surface area (Å²) in [6.07, 6.45) is -4.50. The molecule has 0 aromatic carbocycles. The zero-order valence-corrected chi connectivity index (χ0v) is 9.46. The minimum absolute atomic E-state index is 0.564. The van der Waals surface area contributed by atoms with Crippen LogP contribution in [-0.4, -0.2) is 49.8 Å². The van der Waals surface area contributed by atoms with Crippen molar-refractivity contribution in [1.29, 1.82) is 0 Å². The standard InChI is InChI=1S/C9H11N3O7/c13-2-4-5(14)6(15)8(19-4)12-1-3(11-18)7(16)10-9(12)17/h1,4-6,8,13-15H,2H2,(H,10,16,17)/t4-,5-,6-,8-/m1/s1. The summed E-state index contributed by atoms with van der Waals surface area (Å²) in [5, 5.41) is 30.6. The van der Waals surface area contributed by atoms with Crippen LogP contribution in [0.1, 0.15) is 6.23 Å². The molecule has 1 saturated heterocycles. The van der Waals surface area contributed by atoms with Crippen LogP contribution in [0.2, 0.25) is 0 Å². The second-order valence-corrected chi connectivity index (χ2v) is 4.00. The maximum absolute atomic E-state index is 11.6. The van der Waals surface area contributed by atoms with Gasteiger partial charge in [-0.2, -0.15) is 0 Å². The molecule has 4 atom stereocenters. The fourth-order valence-electron chi connectivity index (χ4n) is 1.84. The Morgan fingerprint density at radius 3 is 2.58 bits per heavy atom. The number of rotatable bonds is 3. The predicted octanol–water partition coefficient (Wildman–Crippen LogP) is -2.45. The molecule has 104 valence electrons. The number of aliphatic hydroxyl groups is 3. The van der Waals surface area contributed by atoms with Crippen molar-refractivity contribution < 1.29 is 20.1 Å². The first-order chi connectivity index (χ1) is 8.99. The molecule has 1 fully saturated rings. The van der Waals surface area contributed by atoms with Crippen LogP contribution in [0.5, 0.6) is 0 Å². The SMILES string of the molecule is O=Nc1cn([C@@H]2O[C@H](CO)[C@@H](O)[C@H]2O)c(=O)[nH]c1=O. The number of aromatic nitrogens is 2. The molecule has 2 heterocycles. The fourth-order valence-corrected chi connectivity index (χ4v) is 1.84. The van der Waals surface area contributed by atoms with Gasteiger partial charge in [0.1, 0.15) is 18.3 Å². The zero-order valence-electron chi connectivity index (χ0n) is 9.46. The van der Waals surface area contributed by atoms with E-state index in [1.165, 1.54) is 0 Å². The molecular weight excluding hydrogens is 262 g/mol. The smallest absolute Gasteiger partial charge is 0.330 e. The first kappa shape index (κ1) is 13.5. The van der Waals surface area contributed by atoms with E-state index in [9.17, 15) is 24.7 Å². The molecule has 10 nitrogen and oxygen atoms in total. The van der Waals surface area contributed by atoms with Crippen molar-refractivity contribution in [2.45, 2.75) is 24.5 Å². The van der Waals surface area contributed by atoms with Crippen molar-refractivity contribution >= 4 is 5.69 Å². The van der Waals surface area contributed by atoms with E-state index in [1.807, 2.05) is 4.98 Å².